The minimum absolute atomic E-state index is 0.0765. The zero-order valence-electron chi connectivity index (χ0n) is 17.9. The van der Waals surface area contributed by atoms with Gasteiger partial charge in [0.2, 0.25) is 0 Å². The summed E-state index contributed by atoms with van der Waals surface area (Å²) in [6.45, 7) is 3.61. The SMILES string of the molecule is CN(C)CCCOC(c1ccc(Cl)cc1)C1CCN(c2ncnc3[nH]nc(Br)c23)CC1. The lowest BCUT2D eigenvalue weighted by Crippen LogP contribution is -2.37. The molecule has 1 saturated heterocycles. The van der Waals surface area contributed by atoms with Gasteiger partial charge in [0.25, 0.3) is 0 Å². The van der Waals surface area contributed by atoms with Gasteiger partial charge in [0, 0.05) is 24.7 Å². The number of rotatable bonds is 8. The number of hydrogen-bond donors (Lipinski definition) is 1. The van der Waals surface area contributed by atoms with Crippen molar-refractivity contribution in [3.8, 4) is 0 Å². The minimum Gasteiger partial charge on any atom is -0.373 e. The summed E-state index contributed by atoms with van der Waals surface area (Å²) in [6.07, 6.45) is 4.75. The molecule has 4 rings (SSSR count). The zero-order valence-corrected chi connectivity index (χ0v) is 20.2. The number of hydrogen-bond acceptors (Lipinski definition) is 6. The smallest absolute Gasteiger partial charge is 0.161 e. The molecule has 1 aliphatic heterocycles. The Bertz CT molecular complexity index is 987. The molecule has 0 radical (unpaired) electrons. The topological polar surface area (TPSA) is 70.2 Å². The fourth-order valence-electron chi connectivity index (χ4n) is 4.21. The Morgan fingerprint density at radius 3 is 2.68 bits per heavy atom. The first-order valence-electron chi connectivity index (χ1n) is 10.6. The van der Waals surface area contributed by atoms with E-state index in [1.165, 1.54) is 5.56 Å². The number of anilines is 1. The van der Waals surface area contributed by atoms with Crippen LogP contribution in [0.3, 0.4) is 0 Å². The van der Waals surface area contributed by atoms with E-state index in [2.05, 4.69) is 72.1 Å². The molecule has 9 heteroatoms. The number of nitrogens with one attached hydrogen (secondary N) is 1. The van der Waals surface area contributed by atoms with Crippen LogP contribution >= 0.6 is 27.5 Å². The molecule has 0 saturated carbocycles. The summed E-state index contributed by atoms with van der Waals surface area (Å²) in [5, 5.41) is 8.86. The van der Waals surface area contributed by atoms with Crippen LogP contribution in [0.4, 0.5) is 5.82 Å². The van der Waals surface area contributed by atoms with Gasteiger partial charge >= 0.3 is 0 Å². The molecule has 3 heterocycles. The van der Waals surface area contributed by atoms with Gasteiger partial charge in [-0.15, -0.1) is 0 Å². The van der Waals surface area contributed by atoms with Gasteiger partial charge in [-0.05, 0) is 79.4 Å². The van der Waals surface area contributed by atoms with Crippen LogP contribution in [0.2, 0.25) is 5.02 Å². The van der Waals surface area contributed by atoms with Crippen molar-refractivity contribution >= 4 is 44.4 Å². The van der Waals surface area contributed by atoms with Gasteiger partial charge in [0.15, 0.2) is 5.65 Å². The van der Waals surface area contributed by atoms with E-state index in [9.17, 15) is 0 Å². The first-order chi connectivity index (χ1) is 15.0. The lowest BCUT2D eigenvalue weighted by Gasteiger charge is -2.37. The van der Waals surface area contributed by atoms with Crippen LogP contribution in [-0.4, -0.2) is 65.4 Å². The number of benzene rings is 1. The van der Waals surface area contributed by atoms with Gasteiger partial charge in [-0.25, -0.2) is 9.97 Å². The summed E-state index contributed by atoms with van der Waals surface area (Å²) in [7, 11) is 4.18. The maximum absolute atomic E-state index is 6.44. The third-order valence-corrected chi connectivity index (χ3v) is 6.63. The van der Waals surface area contributed by atoms with E-state index in [0.717, 1.165) is 72.0 Å². The second-order valence-corrected chi connectivity index (χ2v) is 9.45. The van der Waals surface area contributed by atoms with E-state index in [0.29, 0.717) is 5.92 Å². The van der Waals surface area contributed by atoms with Crippen molar-refractivity contribution < 1.29 is 4.74 Å². The lowest BCUT2D eigenvalue weighted by molar-refractivity contribution is -0.000229. The summed E-state index contributed by atoms with van der Waals surface area (Å²) in [4.78, 5) is 13.3. The van der Waals surface area contributed by atoms with E-state index in [4.69, 9.17) is 16.3 Å². The Kier molecular flexibility index (Phi) is 7.43. The van der Waals surface area contributed by atoms with Crippen LogP contribution in [0.15, 0.2) is 35.2 Å². The lowest BCUT2D eigenvalue weighted by atomic mass is 9.87. The molecule has 1 N–H and O–H groups in total. The van der Waals surface area contributed by atoms with Crippen molar-refractivity contribution in [3.05, 3.63) is 45.8 Å². The van der Waals surface area contributed by atoms with Crippen LogP contribution in [0.1, 0.15) is 30.9 Å². The monoisotopic (exact) mass is 506 g/mol. The van der Waals surface area contributed by atoms with Crippen LogP contribution in [0.5, 0.6) is 0 Å². The van der Waals surface area contributed by atoms with Gasteiger partial charge in [-0.3, -0.25) is 5.10 Å². The third kappa shape index (κ3) is 5.37. The number of fused-ring (bicyclic) bond motifs is 1. The standard InChI is InChI=1S/C22H28BrClN6O/c1-29(2)10-3-13-31-19(15-4-6-17(24)7-5-15)16-8-11-30(12-9-16)22-18-20(23)27-28-21(18)25-14-26-22/h4-7,14,16,19H,3,8-13H2,1-2H3,(H,25,26,27,28). The number of nitrogens with zero attached hydrogens (tertiary/aromatic N) is 5. The molecule has 3 aromatic rings. The highest BCUT2D eigenvalue weighted by molar-refractivity contribution is 9.10. The highest BCUT2D eigenvalue weighted by atomic mass is 79.9. The highest BCUT2D eigenvalue weighted by Crippen LogP contribution is 2.37. The molecule has 166 valence electrons. The molecule has 1 aromatic carbocycles. The molecule has 1 aliphatic rings. The van der Waals surface area contributed by atoms with Crippen LogP contribution in [-0.2, 0) is 4.74 Å². The predicted octanol–water partition coefficient (Wildman–Crippen LogP) is 4.69. The maximum Gasteiger partial charge on any atom is 0.161 e. The van der Waals surface area contributed by atoms with Crippen molar-refractivity contribution in [2.75, 3.05) is 45.2 Å². The average Bonchev–Trinajstić information content (AvgIpc) is 3.16. The number of piperidine rings is 1. The molecule has 1 fully saturated rings. The Labute approximate surface area is 196 Å². The second kappa shape index (κ2) is 10.3. The molecule has 2 aromatic heterocycles. The van der Waals surface area contributed by atoms with E-state index in [-0.39, 0.29) is 6.10 Å². The summed E-state index contributed by atoms with van der Waals surface area (Å²) in [5.74, 6) is 1.38. The third-order valence-electron chi connectivity index (χ3n) is 5.81. The summed E-state index contributed by atoms with van der Waals surface area (Å²) in [6, 6.07) is 8.11. The van der Waals surface area contributed by atoms with Crippen molar-refractivity contribution in [2.45, 2.75) is 25.4 Å². The van der Waals surface area contributed by atoms with Crippen LogP contribution < -0.4 is 4.90 Å². The van der Waals surface area contributed by atoms with Crippen LogP contribution in [0, 0.1) is 5.92 Å². The number of halogens is 2. The zero-order chi connectivity index (χ0) is 21.8. The molecule has 31 heavy (non-hydrogen) atoms. The van der Waals surface area contributed by atoms with E-state index in [1.54, 1.807) is 6.33 Å². The molecular weight excluding hydrogens is 480 g/mol. The van der Waals surface area contributed by atoms with Crippen molar-refractivity contribution in [1.82, 2.24) is 25.1 Å². The molecule has 0 spiro atoms. The summed E-state index contributed by atoms with van der Waals surface area (Å²) in [5.41, 5.74) is 1.96. The molecule has 0 aliphatic carbocycles. The van der Waals surface area contributed by atoms with Gasteiger partial charge in [-0.2, -0.15) is 5.10 Å². The first-order valence-corrected chi connectivity index (χ1v) is 11.8. The molecule has 0 bridgehead atoms. The van der Waals surface area contributed by atoms with Gasteiger partial charge in [0.1, 0.15) is 16.7 Å². The molecular formula is C22H28BrClN6O. The number of ether oxygens (including phenoxy) is 1. The second-order valence-electron chi connectivity index (χ2n) is 8.26. The van der Waals surface area contributed by atoms with Crippen molar-refractivity contribution in [3.63, 3.8) is 0 Å². The van der Waals surface area contributed by atoms with Crippen LogP contribution in [0.25, 0.3) is 11.0 Å². The summed E-state index contributed by atoms with van der Waals surface area (Å²) >= 11 is 9.64. The molecule has 1 atom stereocenters. The van der Waals surface area contributed by atoms with Crippen molar-refractivity contribution in [2.24, 2.45) is 5.92 Å². The van der Waals surface area contributed by atoms with Gasteiger partial charge in [-0.1, -0.05) is 23.7 Å². The fourth-order valence-corrected chi connectivity index (χ4v) is 4.79. The Balaban J connectivity index is 1.46. The Morgan fingerprint density at radius 1 is 1.23 bits per heavy atom. The minimum atomic E-state index is 0.0765. The molecule has 1 unspecified atom stereocenters. The number of aromatic nitrogens is 4. The Hall–Kier alpha value is -1.74. The van der Waals surface area contributed by atoms with E-state index < -0.39 is 0 Å². The average molecular weight is 508 g/mol. The first kappa shape index (κ1) is 22.5. The normalized spacial score (nSPS) is 16.4. The van der Waals surface area contributed by atoms with Gasteiger partial charge in [0.05, 0.1) is 11.5 Å². The molecule has 7 nitrogen and oxygen atoms in total. The maximum atomic E-state index is 6.44. The fraction of sp³-hybridized carbons (Fsp3) is 0.500. The number of aromatic amines is 1. The predicted molar refractivity (Wildman–Crippen MR) is 128 cm³/mol. The van der Waals surface area contributed by atoms with Gasteiger partial charge < -0.3 is 14.5 Å². The van der Waals surface area contributed by atoms with E-state index >= 15 is 0 Å². The highest BCUT2D eigenvalue weighted by Gasteiger charge is 2.30. The van der Waals surface area contributed by atoms with E-state index in [1.807, 2.05) is 12.1 Å². The summed E-state index contributed by atoms with van der Waals surface area (Å²) < 4.78 is 7.19. The van der Waals surface area contributed by atoms with Crippen molar-refractivity contribution in [1.29, 1.82) is 0 Å². The molecule has 0 amide bonds. The largest absolute Gasteiger partial charge is 0.373 e. The Morgan fingerprint density at radius 2 is 1.97 bits per heavy atom. The quantitative estimate of drug-likeness (QED) is 0.446. The number of H-pyrrole nitrogens is 1.